The molecule has 1 saturated carbocycles. The second kappa shape index (κ2) is 6.98. The van der Waals surface area contributed by atoms with Gasteiger partial charge in [0.25, 0.3) is 0 Å². The minimum absolute atomic E-state index is 0.364. The normalized spacial score (nSPS) is 24.7. The third kappa shape index (κ3) is 3.99. The molecule has 1 fully saturated rings. The average Bonchev–Trinajstić information content (AvgIpc) is 2.48. The molecule has 1 aliphatic carbocycles. The molecule has 19 heavy (non-hydrogen) atoms. The average molecular weight is 274 g/mol. The van der Waals surface area contributed by atoms with E-state index in [1.165, 1.54) is 31.2 Å². The van der Waals surface area contributed by atoms with Gasteiger partial charge >= 0.3 is 0 Å². The third-order valence-corrected chi connectivity index (χ3v) is 5.17. The van der Waals surface area contributed by atoms with Crippen LogP contribution in [0.1, 0.15) is 49.8 Å². The van der Waals surface area contributed by atoms with Crippen molar-refractivity contribution in [2.24, 2.45) is 0 Å². The SMILES string of the molecule is CSC1CCC(NC(C)c2ccc(C#N)cc2)CC1. The summed E-state index contributed by atoms with van der Waals surface area (Å²) in [4.78, 5) is 0. The predicted molar refractivity (Wildman–Crippen MR) is 82.3 cm³/mol. The minimum atomic E-state index is 0.364. The first kappa shape index (κ1) is 14.4. The molecule has 0 bridgehead atoms. The van der Waals surface area contributed by atoms with Crippen LogP contribution in [0, 0.1) is 11.3 Å². The summed E-state index contributed by atoms with van der Waals surface area (Å²) in [7, 11) is 0. The van der Waals surface area contributed by atoms with E-state index < -0.39 is 0 Å². The van der Waals surface area contributed by atoms with Crippen molar-refractivity contribution in [1.82, 2.24) is 5.32 Å². The molecule has 1 atom stereocenters. The standard InChI is InChI=1S/C16H22N2S/c1-12(14-5-3-13(11-17)4-6-14)18-15-7-9-16(19-2)10-8-15/h3-6,12,15-16,18H,7-10H2,1-2H3. The monoisotopic (exact) mass is 274 g/mol. The van der Waals surface area contributed by atoms with Crippen molar-refractivity contribution in [3.8, 4) is 6.07 Å². The van der Waals surface area contributed by atoms with Crippen LogP contribution in [0.4, 0.5) is 0 Å². The van der Waals surface area contributed by atoms with Gasteiger partial charge in [0, 0.05) is 17.3 Å². The Morgan fingerprint density at radius 2 is 1.84 bits per heavy atom. The highest BCUT2D eigenvalue weighted by Gasteiger charge is 2.21. The fraction of sp³-hybridized carbons (Fsp3) is 0.562. The van der Waals surface area contributed by atoms with Gasteiger partial charge in [0.15, 0.2) is 0 Å². The molecule has 3 heteroatoms. The molecule has 1 aliphatic rings. The molecule has 0 saturated heterocycles. The minimum Gasteiger partial charge on any atom is -0.307 e. The molecule has 1 unspecified atom stereocenters. The molecule has 2 rings (SSSR count). The number of nitrogens with one attached hydrogen (secondary N) is 1. The smallest absolute Gasteiger partial charge is 0.0991 e. The Kier molecular flexibility index (Phi) is 5.30. The molecule has 1 aromatic carbocycles. The van der Waals surface area contributed by atoms with Crippen molar-refractivity contribution in [3.05, 3.63) is 35.4 Å². The van der Waals surface area contributed by atoms with E-state index in [0.717, 1.165) is 10.8 Å². The number of hydrogen-bond acceptors (Lipinski definition) is 3. The number of rotatable bonds is 4. The van der Waals surface area contributed by atoms with Gasteiger partial charge in [-0.25, -0.2) is 0 Å². The molecule has 1 N–H and O–H groups in total. The number of benzene rings is 1. The first-order chi connectivity index (χ1) is 9.22. The maximum atomic E-state index is 8.81. The van der Waals surface area contributed by atoms with E-state index in [0.29, 0.717) is 12.1 Å². The lowest BCUT2D eigenvalue weighted by Crippen LogP contribution is -2.35. The van der Waals surface area contributed by atoms with E-state index in [9.17, 15) is 0 Å². The van der Waals surface area contributed by atoms with E-state index in [1.54, 1.807) is 0 Å². The summed E-state index contributed by atoms with van der Waals surface area (Å²) in [6, 6.07) is 11.1. The summed E-state index contributed by atoms with van der Waals surface area (Å²) in [5.74, 6) is 0. The summed E-state index contributed by atoms with van der Waals surface area (Å²) in [6.45, 7) is 2.21. The van der Waals surface area contributed by atoms with Gasteiger partial charge in [-0.1, -0.05) is 12.1 Å². The molecule has 0 radical (unpaired) electrons. The van der Waals surface area contributed by atoms with Gasteiger partial charge < -0.3 is 5.32 Å². The maximum Gasteiger partial charge on any atom is 0.0991 e. The number of nitriles is 1. The molecule has 2 nitrogen and oxygen atoms in total. The molecule has 0 spiro atoms. The van der Waals surface area contributed by atoms with Gasteiger partial charge in [-0.2, -0.15) is 17.0 Å². The third-order valence-electron chi connectivity index (χ3n) is 4.03. The van der Waals surface area contributed by atoms with Crippen molar-refractivity contribution in [2.45, 2.75) is 49.9 Å². The highest BCUT2D eigenvalue weighted by molar-refractivity contribution is 7.99. The van der Waals surface area contributed by atoms with E-state index in [2.05, 4.69) is 36.7 Å². The highest BCUT2D eigenvalue weighted by Crippen LogP contribution is 2.28. The molecule has 102 valence electrons. The van der Waals surface area contributed by atoms with E-state index >= 15 is 0 Å². The van der Waals surface area contributed by atoms with Crippen LogP contribution in [0.3, 0.4) is 0 Å². The van der Waals surface area contributed by atoms with Gasteiger partial charge in [-0.3, -0.25) is 0 Å². The van der Waals surface area contributed by atoms with Crippen LogP contribution in [0.25, 0.3) is 0 Å². The zero-order valence-electron chi connectivity index (χ0n) is 11.7. The van der Waals surface area contributed by atoms with Crippen LogP contribution in [-0.2, 0) is 0 Å². The van der Waals surface area contributed by atoms with E-state index in [1.807, 2.05) is 23.9 Å². The van der Waals surface area contributed by atoms with E-state index in [-0.39, 0.29) is 0 Å². The summed E-state index contributed by atoms with van der Waals surface area (Å²) < 4.78 is 0. The van der Waals surface area contributed by atoms with Gasteiger partial charge in [0.05, 0.1) is 11.6 Å². The van der Waals surface area contributed by atoms with Gasteiger partial charge in [0.1, 0.15) is 0 Å². The lowest BCUT2D eigenvalue weighted by atomic mass is 9.93. The van der Waals surface area contributed by atoms with Gasteiger partial charge in [-0.05, 0) is 56.6 Å². The first-order valence-corrected chi connectivity index (χ1v) is 8.30. The van der Waals surface area contributed by atoms with E-state index in [4.69, 9.17) is 5.26 Å². The Morgan fingerprint density at radius 1 is 1.21 bits per heavy atom. The Balaban J connectivity index is 1.87. The quantitative estimate of drug-likeness (QED) is 0.905. The highest BCUT2D eigenvalue weighted by atomic mass is 32.2. The number of thioether (sulfide) groups is 1. The summed E-state index contributed by atoms with van der Waals surface area (Å²) in [5, 5.41) is 13.4. The summed E-state index contributed by atoms with van der Waals surface area (Å²) in [5.41, 5.74) is 2.00. The molecule has 0 heterocycles. The lowest BCUT2D eigenvalue weighted by molar-refractivity contribution is 0.352. The van der Waals surface area contributed by atoms with Crippen molar-refractivity contribution in [3.63, 3.8) is 0 Å². The molecular formula is C16H22N2S. The zero-order valence-corrected chi connectivity index (χ0v) is 12.5. The van der Waals surface area contributed by atoms with Crippen LogP contribution < -0.4 is 5.32 Å². The lowest BCUT2D eigenvalue weighted by Gasteiger charge is -2.30. The molecule has 0 aliphatic heterocycles. The van der Waals surface area contributed by atoms with Crippen molar-refractivity contribution in [2.75, 3.05) is 6.26 Å². The Bertz CT molecular complexity index is 427. The predicted octanol–water partition coefficient (Wildman–Crippen LogP) is 3.88. The molecule has 0 amide bonds. The van der Waals surface area contributed by atoms with Gasteiger partial charge in [0.2, 0.25) is 0 Å². The second-order valence-electron chi connectivity index (χ2n) is 5.33. The second-order valence-corrected chi connectivity index (χ2v) is 6.47. The van der Waals surface area contributed by atoms with Crippen molar-refractivity contribution in [1.29, 1.82) is 5.26 Å². The Hall–Kier alpha value is -0.980. The van der Waals surface area contributed by atoms with Gasteiger partial charge in [-0.15, -0.1) is 0 Å². The summed E-state index contributed by atoms with van der Waals surface area (Å²) >= 11 is 2.01. The zero-order chi connectivity index (χ0) is 13.7. The molecular weight excluding hydrogens is 252 g/mol. The Morgan fingerprint density at radius 3 is 2.37 bits per heavy atom. The van der Waals surface area contributed by atoms with Crippen LogP contribution in [0.15, 0.2) is 24.3 Å². The number of nitrogens with zero attached hydrogens (tertiary/aromatic N) is 1. The largest absolute Gasteiger partial charge is 0.307 e. The van der Waals surface area contributed by atoms with Crippen molar-refractivity contribution >= 4 is 11.8 Å². The van der Waals surface area contributed by atoms with Crippen LogP contribution >= 0.6 is 11.8 Å². The summed E-state index contributed by atoms with van der Waals surface area (Å²) in [6.07, 6.45) is 7.45. The molecule has 0 aromatic heterocycles. The molecule has 1 aromatic rings. The fourth-order valence-electron chi connectivity index (χ4n) is 2.76. The topological polar surface area (TPSA) is 35.8 Å². The fourth-order valence-corrected chi connectivity index (χ4v) is 3.50. The Labute approximate surface area is 120 Å². The van der Waals surface area contributed by atoms with Crippen LogP contribution in [0.2, 0.25) is 0 Å². The van der Waals surface area contributed by atoms with Crippen LogP contribution in [-0.4, -0.2) is 17.5 Å². The van der Waals surface area contributed by atoms with Crippen molar-refractivity contribution < 1.29 is 0 Å². The maximum absolute atomic E-state index is 8.81. The van der Waals surface area contributed by atoms with Crippen LogP contribution in [0.5, 0.6) is 0 Å². The number of hydrogen-bond donors (Lipinski definition) is 1. The first-order valence-electron chi connectivity index (χ1n) is 7.02.